The Hall–Kier alpha value is -3.07. The molecule has 1 unspecified atom stereocenters. The molecular formula is C11H16N10O4. The van der Waals surface area contributed by atoms with Gasteiger partial charge in [0.15, 0.2) is 23.2 Å². The first-order valence-electron chi connectivity index (χ1n) is 7.02. The van der Waals surface area contributed by atoms with E-state index >= 15 is 0 Å². The van der Waals surface area contributed by atoms with Crippen molar-refractivity contribution in [2.75, 3.05) is 29.8 Å². The van der Waals surface area contributed by atoms with Crippen LogP contribution in [0.15, 0.2) is 6.33 Å². The molecule has 0 spiro atoms. The smallest absolute Gasteiger partial charge is 0.336 e. The molecule has 2 aromatic heterocycles. The Morgan fingerprint density at radius 2 is 1.88 bits per heavy atom. The van der Waals surface area contributed by atoms with Crippen molar-refractivity contribution < 1.29 is 19.1 Å². The molecular weight excluding hydrogens is 336 g/mol. The lowest BCUT2D eigenvalue weighted by Crippen LogP contribution is -2.45. The largest absolute Gasteiger partial charge is 0.374 e. The minimum atomic E-state index is -1.02. The first kappa shape index (κ1) is 16.8. The predicted octanol–water partition coefficient (Wildman–Crippen LogP) is -2.11. The maximum Gasteiger partial charge on any atom is 0.336 e. The van der Waals surface area contributed by atoms with E-state index in [4.69, 9.17) is 32.6 Å². The Morgan fingerprint density at radius 1 is 1.16 bits per heavy atom. The fourth-order valence-corrected chi connectivity index (χ4v) is 2.22. The van der Waals surface area contributed by atoms with Crippen LogP contribution in [0.25, 0.3) is 11.2 Å². The summed E-state index contributed by atoms with van der Waals surface area (Å²) < 4.78 is 12.5. The van der Waals surface area contributed by atoms with Crippen molar-refractivity contribution in [3.05, 3.63) is 6.33 Å². The molecule has 0 radical (unpaired) electrons. The van der Waals surface area contributed by atoms with Gasteiger partial charge in [0.05, 0.1) is 26.1 Å². The van der Waals surface area contributed by atoms with Gasteiger partial charge in [0.2, 0.25) is 0 Å². The Morgan fingerprint density at radius 3 is 2.48 bits per heavy atom. The van der Waals surface area contributed by atoms with Crippen molar-refractivity contribution in [3.63, 3.8) is 0 Å². The third kappa shape index (κ3) is 3.01. The maximum atomic E-state index is 11.4. The van der Waals surface area contributed by atoms with Crippen LogP contribution in [0.1, 0.15) is 6.23 Å². The molecule has 1 atom stereocenters. The minimum Gasteiger partial charge on any atom is -0.374 e. The van der Waals surface area contributed by atoms with Crippen molar-refractivity contribution in [2.45, 2.75) is 6.23 Å². The van der Waals surface area contributed by atoms with E-state index in [1.54, 1.807) is 0 Å². The molecule has 0 bridgehead atoms. The number of imidazole rings is 1. The summed E-state index contributed by atoms with van der Waals surface area (Å²) in [4.78, 5) is 35.0. The van der Waals surface area contributed by atoms with Crippen LogP contribution in [-0.2, 0) is 9.47 Å². The summed E-state index contributed by atoms with van der Waals surface area (Å²) in [6, 6.07) is -2.02. The highest BCUT2D eigenvalue weighted by atomic mass is 16.6. The first-order chi connectivity index (χ1) is 11.9. The Bertz CT molecular complexity index is 817. The fourth-order valence-electron chi connectivity index (χ4n) is 2.22. The van der Waals surface area contributed by atoms with Gasteiger partial charge in [-0.2, -0.15) is 15.0 Å². The second-order valence-corrected chi connectivity index (χ2v) is 4.99. The second kappa shape index (κ2) is 6.44. The van der Waals surface area contributed by atoms with Crippen LogP contribution in [0, 0.1) is 0 Å². The van der Waals surface area contributed by atoms with Crippen LogP contribution in [0.4, 0.5) is 21.4 Å². The summed E-state index contributed by atoms with van der Waals surface area (Å²) in [7, 11) is 0. The van der Waals surface area contributed by atoms with Gasteiger partial charge >= 0.3 is 12.1 Å². The van der Waals surface area contributed by atoms with Gasteiger partial charge in [-0.1, -0.05) is 0 Å². The lowest BCUT2D eigenvalue weighted by Gasteiger charge is -2.24. The molecule has 8 N–H and O–H groups in total. The number of amides is 4. The summed E-state index contributed by atoms with van der Waals surface area (Å²) in [6.45, 7) is 1.10. The van der Waals surface area contributed by atoms with Crippen LogP contribution in [0.2, 0.25) is 0 Å². The van der Waals surface area contributed by atoms with E-state index in [0.29, 0.717) is 23.2 Å². The highest BCUT2D eigenvalue weighted by Gasteiger charge is 2.26. The van der Waals surface area contributed by atoms with Gasteiger partial charge in [-0.3, -0.25) is 4.57 Å². The topological polar surface area (TPSA) is 207 Å². The number of hydrazine groups is 2. The molecule has 14 nitrogen and oxygen atoms in total. The predicted molar refractivity (Wildman–Crippen MR) is 83.6 cm³/mol. The molecule has 134 valence electrons. The molecule has 14 heteroatoms. The first-order valence-corrected chi connectivity index (χ1v) is 7.02. The van der Waals surface area contributed by atoms with Gasteiger partial charge in [-0.15, -0.1) is 0 Å². The van der Waals surface area contributed by atoms with E-state index in [-0.39, 0.29) is 29.5 Å². The molecule has 3 rings (SSSR count). The molecule has 1 fully saturated rings. The maximum absolute atomic E-state index is 11.4. The number of ether oxygens (including phenoxy) is 2. The summed E-state index contributed by atoms with van der Waals surface area (Å²) in [5.41, 5.74) is 10.7. The van der Waals surface area contributed by atoms with Crippen LogP contribution < -0.4 is 33.2 Å². The number of urea groups is 2. The van der Waals surface area contributed by atoms with Gasteiger partial charge < -0.3 is 20.9 Å². The second-order valence-electron chi connectivity index (χ2n) is 4.99. The van der Waals surface area contributed by atoms with Crippen molar-refractivity contribution in [1.82, 2.24) is 19.5 Å². The molecule has 2 aromatic rings. The van der Waals surface area contributed by atoms with E-state index < -0.39 is 18.3 Å². The van der Waals surface area contributed by atoms with Crippen LogP contribution in [0.3, 0.4) is 0 Å². The van der Waals surface area contributed by atoms with Crippen LogP contribution >= 0.6 is 0 Å². The number of hydrogen-bond acceptors (Lipinski definition) is 9. The number of anilines is 2. The third-order valence-electron chi connectivity index (χ3n) is 3.42. The van der Waals surface area contributed by atoms with Gasteiger partial charge in [0.1, 0.15) is 0 Å². The van der Waals surface area contributed by atoms with Gasteiger partial charge in [-0.25, -0.2) is 31.3 Å². The van der Waals surface area contributed by atoms with Gasteiger partial charge in [0.25, 0.3) is 5.95 Å². The molecule has 1 aliphatic rings. The zero-order valence-corrected chi connectivity index (χ0v) is 12.9. The monoisotopic (exact) mass is 352 g/mol. The summed E-state index contributed by atoms with van der Waals surface area (Å²) in [5.74, 6) is 10.7. The number of hydrogen-bond donors (Lipinski definition) is 4. The zero-order chi connectivity index (χ0) is 18.1. The molecule has 4 amide bonds. The van der Waals surface area contributed by atoms with Gasteiger partial charge in [-0.05, 0) is 0 Å². The quantitative estimate of drug-likeness (QED) is 0.270. The number of carbonyl (C=O) groups excluding carboxylic acids is 2. The Balaban J connectivity index is 2.18. The Labute approximate surface area is 140 Å². The number of aromatic nitrogens is 4. The number of primary amides is 2. The standard InChI is InChI=1S/C11H16N10O4/c12-9(22)20(14)8-6-7(17-11(18-8)21(15)10(13)23)19(4-16-6)5-3-24-1-2-25-5/h4-5H,1-3,14-15H2,(H2,12,22)(H2,13,23). The van der Waals surface area contributed by atoms with E-state index in [0.717, 1.165) is 0 Å². The molecule has 25 heavy (non-hydrogen) atoms. The number of nitrogens with two attached hydrogens (primary N) is 4. The van der Waals surface area contributed by atoms with Crippen LogP contribution in [0.5, 0.6) is 0 Å². The van der Waals surface area contributed by atoms with E-state index in [1.165, 1.54) is 10.9 Å². The molecule has 1 saturated heterocycles. The molecule has 0 aliphatic carbocycles. The fraction of sp³-hybridized carbons (Fsp3) is 0.364. The number of fused-ring (bicyclic) bond motifs is 1. The van der Waals surface area contributed by atoms with E-state index in [9.17, 15) is 9.59 Å². The van der Waals surface area contributed by atoms with Crippen molar-refractivity contribution >= 4 is 35.0 Å². The average Bonchev–Trinajstić information content (AvgIpc) is 3.04. The van der Waals surface area contributed by atoms with Crippen molar-refractivity contribution in [1.29, 1.82) is 0 Å². The zero-order valence-electron chi connectivity index (χ0n) is 12.9. The molecule has 1 aliphatic heterocycles. The number of nitrogens with zero attached hydrogens (tertiary/aromatic N) is 6. The minimum absolute atomic E-state index is 0.150. The lowest BCUT2D eigenvalue weighted by atomic mass is 10.4. The highest BCUT2D eigenvalue weighted by Crippen LogP contribution is 2.27. The summed E-state index contributed by atoms with van der Waals surface area (Å²) >= 11 is 0. The SMILES string of the molecule is NC(=O)N(N)c1nc(N(N)C(N)=O)c2ncn(C3COCCO3)c2n1. The summed E-state index contributed by atoms with van der Waals surface area (Å²) in [6.07, 6.45) is 0.889. The van der Waals surface area contributed by atoms with E-state index in [2.05, 4.69) is 15.0 Å². The molecule has 0 saturated carbocycles. The van der Waals surface area contributed by atoms with E-state index in [1.807, 2.05) is 0 Å². The number of carbonyl (C=O) groups is 2. The molecule has 0 aromatic carbocycles. The average molecular weight is 352 g/mol. The van der Waals surface area contributed by atoms with Crippen molar-refractivity contribution in [3.8, 4) is 0 Å². The lowest BCUT2D eigenvalue weighted by molar-refractivity contribution is -0.121. The van der Waals surface area contributed by atoms with Crippen molar-refractivity contribution in [2.24, 2.45) is 23.2 Å². The number of rotatable bonds is 3. The molecule has 3 heterocycles. The van der Waals surface area contributed by atoms with Gasteiger partial charge in [0, 0.05) is 0 Å². The Kier molecular flexibility index (Phi) is 4.32. The normalized spacial score (nSPS) is 17.4. The summed E-state index contributed by atoms with van der Waals surface area (Å²) in [5, 5.41) is 1.05. The van der Waals surface area contributed by atoms with Crippen LogP contribution in [-0.4, -0.2) is 51.4 Å². The highest BCUT2D eigenvalue weighted by molar-refractivity contribution is 5.98. The third-order valence-corrected chi connectivity index (χ3v) is 3.42.